The van der Waals surface area contributed by atoms with Gasteiger partial charge in [-0.3, -0.25) is 4.79 Å². The summed E-state index contributed by atoms with van der Waals surface area (Å²) in [6, 6.07) is 0.165. The first-order valence-electron chi connectivity index (χ1n) is 7.90. The highest BCUT2D eigenvalue weighted by molar-refractivity contribution is 5.76. The first kappa shape index (κ1) is 17.5. The molecule has 1 rings (SSSR count). The van der Waals surface area contributed by atoms with Crippen molar-refractivity contribution in [2.45, 2.75) is 46.1 Å². The molecule has 21 heavy (non-hydrogen) atoms. The van der Waals surface area contributed by atoms with Crippen LogP contribution in [0.2, 0.25) is 0 Å². The maximum Gasteiger partial charge on any atom is 0.317 e. The van der Waals surface area contributed by atoms with Crippen LogP contribution in [0.5, 0.6) is 0 Å². The fourth-order valence-corrected chi connectivity index (χ4v) is 2.83. The summed E-state index contributed by atoms with van der Waals surface area (Å²) in [5.74, 6) is 0.840. The molecule has 0 aromatic rings. The van der Waals surface area contributed by atoms with E-state index in [1.54, 1.807) is 6.08 Å². The summed E-state index contributed by atoms with van der Waals surface area (Å²) >= 11 is 0. The Kier molecular flexibility index (Phi) is 7.26. The molecule has 1 saturated heterocycles. The number of amides is 3. The number of nitrogens with zero attached hydrogens (tertiary/aromatic N) is 1. The van der Waals surface area contributed by atoms with Gasteiger partial charge in [-0.1, -0.05) is 19.4 Å². The lowest BCUT2D eigenvalue weighted by Crippen LogP contribution is -2.50. The van der Waals surface area contributed by atoms with Crippen molar-refractivity contribution in [3.63, 3.8) is 0 Å². The van der Waals surface area contributed by atoms with E-state index in [4.69, 9.17) is 0 Å². The van der Waals surface area contributed by atoms with Gasteiger partial charge in [-0.15, -0.1) is 6.58 Å². The zero-order valence-corrected chi connectivity index (χ0v) is 13.5. The quantitative estimate of drug-likeness (QED) is 0.738. The molecule has 0 bridgehead atoms. The number of carbonyl (C=O) groups excluding carboxylic acids is 2. The lowest BCUT2D eigenvalue weighted by atomic mass is 9.81. The molecule has 0 aromatic carbocycles. The molecule has 0 saturated carbocycles. The SMILES string of the molecule is C=CCNC(=O)CC1CCN(C(=O)NC(C)C)CC1CC. The molecule has 5 heteroatoms. The van der Waals surface area contributed by atoms with Crippen LogP contribution < -0.4 is 10.6 Å². The number of likely N-dealkylation sites (tertiary alicyclic amines) is 1. The molecule has 0 radical (unpaired) electrons. The van der Waals surface area contributed by atoms with Gasteiger partial charge < -0.3 is 15.5 Å². The summed E-state index contributed by atoms with van der Waals surface area (Å²) in [6.07, 6.45) is 4.12. The zero-order valence-electron chi connectivity index (χ0n) is 13.5. The number of urea groups is 1. The number of piperidine rings is 1. The average Bonchev–Trinajstić information content (AvgIpc) is 2.44. The lowest BCUT2D eigenvalue weighted by molar-refractivity contribution is -0.122. The largest absolute Gasteiger partial charge is 0.353 e. The molecule has 2 atom stereocenters. The second kappa shape index (κ2) is 8.70. The third-order valence-electron chi connectivity index (χ3n) is 4.01. The standard InChI is InChI=1S/C16H29N3O2/c1-5-8-17-15(20)10-14-7-9-19(11-13(14)6-2)16(21)18-12(3)4/h5,12-14H,1,6-11H2,2-4H3,(H,17,20)(H,18,21). The highest BCUT2D eigenvalue weighted by Crippen LogP contribution is 2.29. The molecule has 0 spiro atoms. The summed E-state index contributed by atoms with van der Waals surface area (Å²) in [4.78, 5) is 25.8. The predicted octanol–water partition coefficient (Wildman–Crippen LogP) is 2.14. The fraction of sp³-hybridized carbons (Fsp3) is 0.750. The van der Waals surface area contributed by atoms with Crippen LogP contribution in [0.15, 0.2) is 12.7 Å². The highest BCUT2D eigenvalue weighted by atomic mass is 16.2. The minimum Gasteiger partial charge on any atom is -0.353 e. The second-order valence-electron chi connectivity index (χ2n) is 6.06. The predicted molar refractivity (Wildman–Crippen MR) is 85.0 cm³/mol. The Bertz CT molecular complexity index is 369. The Hall–Kier alpha value is -1.52. The van der Waals surface area contributed by atoms with Crippen molar-refractivity contribution in [1.29, 1.82) is 0 Å². The lowest BCUT2D eigenvalue weighted by Gasteiger charge is -2.38. The average molecular weight is 295 g/mol. The molecule has 1 aliphatic rings. The maximum atomic E-state index is 12.1. The Morgan fingerprint density at radius 3 is 2.67 bits per heavy atom. The monoisotopic (exact) mass is 295 g/mol. The van der Waals surface area contributed by atoms with Crippen LogP contribution in [0, 0.1) is 11.8 Å². The molecule has 1 aliphatic heterocycles. The number of nitrogens with one attached hydrogen (secondary N) is 2. The van der Waals surface area contributed by atoms with Crippen molar-refractivity contribution in [2.24, 2.45) is 11.8 Å². The van der Waals surface area contributed by atoms with Crippen LogP contribution in [0.1, 0.15) is 40.0 Å². The van der Waals surface area contributed by atoms with Gasteiger partial charge in [-0.05, 0) is 32.1 Å². The molecule has 2 N–H and O–H groups in total. The molecule has 1 fully saturated rings. The molecule has 5 nitrogen and oxygen atoms in total. The minimum atomic E-state index is 0.0120. The number of hydrogen-bond donors (Lipinski definition) is 2. The van der Waals surface area contributed by atoms with Gasteiger partial charge in [0, 0.05) is 32.1 Å². The van der Waals surface area contributed by atoms with E-state index < -0.39 is 0 Å². The van der Waals surface area contributed by atoms with Gasteiger partial charge >= 0.3 is 6.03 Å². The van der Waals surface area contributed by atoms with Crippen molar-refractivity contribution in [2.75, 3.05) is 19.6 Å². The summed E-state index contributed by atoms with van der Waals surface area (Å²) in [5, 5.41) is 5.77. The molecule has 0 aromatic heterocycles. The van der Waals surface area contributed by atoms with Gasteiger partial charge in [0.05, 0.1) is 0 Å². The summed E-state index contributed by atoms with van der Waals surface area (Å²) in [5.41, 5.74) is 0. The zero-order chi connectivity index (χ0) is 15.8. The summed E-state index contributed by atoms with van der Waals surface area (Å²) < 4.78 is 0. The highest BCUT2D eigenvalue weighted by Gasteiger charge is 2.31. The Morgan fingerprint density at radius 1 is 1.38 bits per heavy atom. The molecule has 3 amide bonds. The van der Waals surface area contributed by atoms with Gasteiger partial charge in [0.15, 0.2) is 0 Å². The van der Waals surface area contributed by atoms with Gasteiger partial charge in [0.25, 0.3) is 0 Å². The van der Waals surface area contributed by atoms with Crippen molar-refractivity contribution >= 4 is 11.9 Å². The van der Waals surface area contributed by atoms with Gasteiger partial charge in [-0.2, -0.15) is 0 Å². The molecule has 1 heterocycles. The van der Waals surface area contributed by atoms with Crippen LogP contribution in [0.25, 0.3) is 0 Å². The van der Waals surface area contributed by atoms with Crippen molar-refractivity contribution < 1.29 is 9.59 Å². The van der Waals surface area contributed by atoms with E-state index in [-0.39, 0.29) is 18.0 Å². The van der Waals surface area contributed by atoms with Crippen molar-refractivity contribution in [3.05, 3.63) is 12.7 Å². The minimum absolute atomic E-state index is 0.0120. The first-order valence-corrected chi connectivity index (χ1v) is 7.90. The van der Waals surface area contributed by atoms with Gasteiger partial charge in [-0.25, -0.2) is 4.79 Å². The molecular weight excluding hydrogens is 266 g/mol. The maximum absolute atomic E-state index is 12.1. The summed E-state index contributed by atoms with van der Waals surface area (Å²) in [7, 11) is 0. The van der Waals surface area contributed by atoms with Crippen molar-refractivity contribution in [1.82, 2.24) is 15.5 Å². The summed E-state index contributed by atoms with van der Waals surface area (Å²) in [6.45, 7) is 11.6. The Morgan fingerprint density at radius 2 is 2.10 bits per heavy atom. The van der Waals surface area contributed by atoms with E-state index in [0.29, 0.717) is 24.8 Å². The number of rotatable bonds is 6. The fourth-order valence-electron chi connectivity index (χ4n) is 2.83. The molecule has 2 unspecified atom stereocenters. The second-order valence-corrected chi connectivity index (χ2v) is 6.06. The van der Waals surface area contributed by atoms with E-state index in [9.17, 15) is 9.59 Å². The smallest absolute Gasteiger partial charge is 0.317 e. The van der Waals surface area contributed by atoms with E-state index in [2.05, 4.69) is 24.1 Å². The molecule has 120 valence electrons. The number of carbonyl (C=O) groups is 2. The van der Waals surface area contributed by atoms with E-state index in [1.807, 2.05) is 18.7 Å². The number of hydrogen-bond acceptors (Lipinski definition) is 2. The van der Waals surface area contributed by atoms with Crippen LogP contribution in [-0.2, 0) is 4.79 Å². The normalized spacial score (nSPS) is 22.0. The van der Waals surface area contributed by atoms with Crippen LogP contribution in [-0.4, -0.2) is 42.5 Å². The third-order valence-corrected chi connectivity index (χ3v) is 4.01. The third kappa shape index (κ3) is 5.78. The first-order chi connectivity index (χ1) is 9.97. The van der Waals surface area contributed by atoms with Crippen LogP contribution in [0.4, 0.5) is 4.79 Å². The van der Waals surface area contributed by atoms with E-state index in [0.717, 1.165) is 25.9 Å². The van der Waals surface area contributed by atoms with E-state index >= 15 is 0 Å². The van der Waals surface area contributed by atoms with Gasteiger partial charge in [0.2, 0.25) is 5.91 Å². The van der Waals surface area contributed by atoms with Crippen LogP contribution >= 0.6 is 0 Å². The Balaban J connectivity index is 2.51. The van der Waals surface area contributed by atoms with Crippen LogP contribution in [0.3, 0.4) is 0 Å². The Labute approximate surface area is 128 Å². The topological polar surface area (TPSA) is 61.4 Å². The molecular formula is C16H29N3O2. The van der Waals surface area contributed by atoms with Crippen molar-refractivity contribution in [3.8, 4) is 0 Å². The molecule has 0 aliphatic carbocycles. The van der Waals surface area contributed by atoms with E-state index in [1.165, 1.54) is 0 Å². The van der Waals surface area contributed by atoms with Gasteiger partial charge in [0.1, 0.15) is 0 Å².